The lowest BCUT2D eigenvalue weighted by atomic mass is 9.76. The summed E-state index contributed by atoms with van der Waals surface area (Å²) in [6.07, 6.45) is 33.3. The highest BCUT2D eigenvalue weighted by molar-refractivity contribution is 5.95. The summed E-state index contributed by atoms with van der Waals surface area (Å²) in [5.41, 5.74) is 4.51. The van der Waals surface area contributed by atoms with Gasteiger partial charge in [-0.25, -0.2) is 4.79 Å². The number of nitrogens with one attached hydrogen (secondary N) is 1. The maximum Gasteiger partial charge on any atom is 0.415 e. The van der Waals surface area contributed by atoms with Crippen LogP contribution in [0.15, 0.2) is 132 Å². The van der Waals surface area contributed by atoms with Crippen molar-refractivity contribution in [2.75, 3.05) is 45.6 Å². The molecule has 2 aliphatic heterocycles. The number of allylic oxidation sites excluding steroid dienone is 12. The van der Waals surface area contributed by atoms with Gasteiger partial charge in [0.05, 0.1) is 12.2 Å². The molecular formula is C59H71N5O6. The first-order chi connectivity index (χ1) is 34.0. The van der Waals surface area contributed by atoms with Crippen molar-refractivity contribution in [3.8, 4) is 17.0 Å². The van der Waals surface area contributed by atoms with Gasteiger partial charge >= 0.3 is 6.09 Å². The Hall–Kier alpha value is -6.40. The third kappa shape index (κ3) is 13.1. The van der Waals surface area contributed by atoms with Crippen molar-refractivity contribution in [2.24, 2.45) is 0 Å². The summed E-state index contributed by atoms with van der Waals surface area (Å²) >= 11 is 0. The molecule has 4 aromatic rings. The number of carbonyl (C=O) groups excluding carboxylic acids is 3. The molecule has 2 N–H and O–H groups in total. The molecule has 3 heterocycles. The Morgan fingerprint density at radius 3 is 2.01 bits per heavy atom. The molecule has 70 heavy (non-hydrogen) atoms. The molecule has 1 aliphatic carbocycles. The number of hydrogen-bond acceptors (Lipinski definition) is 8. The number of rotatable bonds is 21. The minimum absolute atomic E-state index is 0.00861. The summed E-state index contributed by atoms with van der Waals surface area (Å²) < 4.78 is 7.92. The molecule has 0 unspecified atom stereocenters. The van der Waals surface area contributed by atoms with Crippen molar-refractivity contribution in [3.05, 3.63) is 166 Å². The number of ether oxygens (including phenoxy) is 1. The number of piperazine rings is 1. The number of ketones is 1. The van der Waals surface area contributed by atoms with Crippen molar-refractivity contribution in [1.82, 2.24) is 19.3 Å². The average molecular weight is 946 g/mol. The van der Waals surface area contributed by atoms with E-state index in [1.165, 1.54) is 0 Å². The monoisotopic (exact) mass is 946 g/mol. The molecule has 1 saturated heterocycles. The zero-order valence-corrected chi connectivity index (χ0v) is 41.6. The van der Waals surface area contributed by atoms with Crippen LogP contribution in [0.5, 0.6) is 5.75 Å². The van der Waals surface area contributed by atoms with E-state index in [9.17, 15) is 24.3 Å². The molecule has 1 fully saturated rings. The summed E-state index contributed by atoms with van der Waals surface area (Å²) in [6.45, 7) is 8.04. The van der Waals surface area contributed by atoms with Crippen LogP contribution in [-0.2, 0) is 41.2 Å². The van der Waals surface area contributed by atoms with Gasteiger partial charge in [0.25, 0.3) is 5.56 Å². The average Bonchev–Trinajstić information content (AvgIpc) is 3.72. The summed E-state index contributed by atoms with van der Waals surface area (Å²) in [7, 11) is 3.96. The zero-order chi connectivity index (χ0) is 49.5. The van der Waals surface area contributed by atoms with Gasteiger partial charge in [0.1, 0.15) is 11.4 Å². The number of pyridine rings is 1. The van der Waals surface area contributed by atoms with Crippen LogP contribution < -0.4 is 15.6 Å². The lowest BCUT2D eigenvalue weighted by molar-refractivity contribution is -0.140. The van der Waals surface area contributed by atoms with Crippen LogP contribution >= 0.6 is 0 Å². The van der Waals surface area contributed by atoms with Crippen LogP contribution in [-0.4, -0.2) is 82.4 Å². The largest absolute Gasteiger partial charge is 0.415 e. The minimum atomic E-state index is -1.65. The maximum atomic E-state index is 13.8. The molecule has 0 bridgehead atoms. The molecule has 1 aromatic heterocycles. The Labute approximate surface area is 414 Å². The fourth-order valence-corrected chi connectivity index (χ4v) is 9.51. The first-order valence-corrected chi connectivity index (χ1v) is 25.2. The predicted octanol–water partition coefficient (Wildman–Crippen LogP) is 10.9. The van der Waals surface area contributed by atoms with Crippen LogP contribution in [0.25, 0.3) is 22.0 Å². The van der Waals surface area contributed by atoms with E-state index in [4.69, 9.17) is 4.74 Å². The van der Waals surface area contributed by atoms with E-state index in [-0.39, 0.29) is 36.2 Å². The second-order valence-electron chi connectivity index (χ2n) is 18.8. The number of aliphatic hydroxyl groups is 1. The first-order valence-electron chi connectivity index (χ1n) is 25.2. The molecule has 3 aliphatic rings. The van der Waals surface area contributed by atoms with Gasteiger partial charge in [-0.05, 0) is 130 Å². The molecular weight excluding hydrogens is 875 g/mol. The summed E-state index contributed by atoms with van der Waals surface area (Å²) in [5, 5.41) is 16.3. The standard InChI is InChI=1S/C59H71N5O6/c1-5-7-8-9-10-11-12-13-14-15-16-17-18-19-20-21-22-23-24-25-56(66)60-47-29-26-44(27-30-47)41-62-34-36-63(37-35-62)58(68)70-54-32-28-45-38-50-46(39-49(45)51(54)43-61(3)4)42-64-53(50)40-52-48(57(64)67)31-33-55(65)59(52,69)6-2/h7-8,10-11,13-14,16-17,19-20,22-23,26-30,32,38-40,69H,5-6,9,12,15,18,21,24-25,31,33-37,41-43H2,1-4H3,(H,60,66)/b8-7-,11-10-,14-13-,17-16-,20-19-,23-22-/t59-/m0/s1. The Bertz CT molecular complexity index is 2730. The lowest BCUT2D eigenvalue weighted by Gasteiger charge is -2.34. The summed E-state index contributed by atoms with van der Waals surface area (Å²) in [4.78, 5) is 59.1. The highest BCUT2D eigenvalue weighted by Crippen LogP contribution is 2.42. The van der Waals surface area contributed by atoms with Gasteiger partial charge in [0.2, 0.25) is 5.91 Å². The molecule has 2 amide bonds. The number of hydrogen-bond donors (Lipinski definition) is 2. The Morgan fingerprint density at radius 1 is 0.771 bits per heavy atom. The Morgan fingerprint density at radius 2 is 1.40 bits per heavy atom. The van der Waals surface area contributed by atoms with Gasteiger partial charge in [-0.15, -0.1) is 0 Å². The van der Waals surface area contributed by atoms with Crippen molar-refractivity contribution in [1.29, 1.82) is 0 Å². The van der Waals surface area contributed by atoms with Gasteiger partial charge in [-0.3, -0.25) is 19.3 Å². The highest BCUT2D eigenvalue weighted by Gasteiger charge is 2.43. The second kappa shape index (κ2) is 24.9. The smallest absolute Gasteiger partial charge is 0.410 e. The van der Waals surface area contributed by atoms with Crippen molar-refractivity contribution in [2.45, 2.75) is 110 Å². The van der Waals surface area contributed by atoms with Crippen LogP contribution in [0.3, 0.4) is 0 Å². The molecule has 1 atom stereocenters. The van der Waals surface area contributed by atoms with E-state index >= 15 is 0 Å². The number of amides is 2. The van der Waals surface area contributed by atoms with Gasteiger partial charge in [0.15, 0.2) is 5.78 Å². The number of fused-ring (bicyclic) bond motifs is 5. The Kier molecular flexibility index (Phi) is 18.3. The van der Waals surface area contributed by atoms with Crippen molar-refractivity contribution < 1.29 is 24.2 Å². The fraction of sp³-hybridized carbons (Fsp3) is 0.390. The number of Topliss-reactive ketones (excluding diaryl/α,β-unsaturated/α-hetero) is 1. The van der Waals surface area contributed by atoms with Crippen LogP contribution in [0.4, 0.5) is 10.5 Å². The molecule has 0 radical (unpaired) electrons. The van der Waals surface area contributed by atoms with Crippen LogP contribution in [0.2, 0.25) is 0 Å². The Balaban J connectivity index is 0.838. The quantitative estimate of drug-likeness (QED) is 0.0697. The molecule has 11 heteroatoms. The van der Waals surface area contributed by atoms with E-state index in [1.54, 1.807) is 16.4 Å². The maximum absolute atomic E-state index is 13.8. The van der Waals surface area contributed by atoms with E-state index in [0.717, 1.165) is 83.8 Å². The van der Waals surface area contributed by atoms with Gasteiger partial charge < -0.3 is 29.5 Å². The normalized spacial score (nSPS) is 17.4. The van der Waals surface area contributed by atoms with Gasteiger partial charge in [0, 0.05) is 80.1 Å². The van der Waals surface area contributed by atoms with Gasteiger partial charge in [-0.2, -0.15) is 0 Å². The highest BCUT2D eigenvalue weighted by atomic mass is 16.6. The van der Waals surface area contributed by atoms with E-state index < -0.39 is 5.60 Å². The van der Waals surface area contributed by atoms with E-state index in [0.29, 0.717) is 81.1 Å². The second-order valence-corrected chi connectivity index (χ2v) is 18.8. The van der Waals surface area contributed by atoms with Crippen molar-refractivity contribution >= 4 is 34.2 Å². The number of anilines is 1. The number of carbonyl (C=O) groups is 3. The van der Waals surface area contributed by atoms with E-state index in [1.807, 2.05) is 61.5 Å². The predicted molar refractivity (Wildman–Crippen MR) is 283 cm³/mol. The fourth-order valence-electron chi connectivity index (χ4n) is 9.51. The zero-order valence-electron chi connectivity index (χ0n) is 41.6. The summed E-state index contributed by atoms with van der Waals surface area (Å²) in [6, 6.07) is 17.8. The molecule has 11 nitrogen and oxygen atoms in total. The molecule has 368 valence electrons. The molecule has 3 aromatic carbocycles. The molecule has 7 rings (SSSR count). The molecule has 0 saturated carbocycles. The van der Waals surface area contributed by atoms with Crippen LogP contribution in [0, 0.1) is 0 Å². The third-order valence-electron chi connectivity index (χ3n) is 13.4. The lowest BCUT2D eigenvalue weighted by Crippen LogP contribution is -2.49. The van der Waals surface area contributed by atoms with Gasteiger partial charge in [-0.1, -0.05) is 105 Å². The third-order valence-corrected chi connectivity index (χ3v) is 13.4. The summed E-state index contributed by atoms with van der Waals surface area (Å²) in [5.74, 6) is 0.255. The number of benzene rings is 3. The number of aromatic nitrogens is 1. The van der Waals surface area contributed by atoms with Crippen molar-refractivity contribution in [3.63, 3.8) is 0 Å². The topological polar surface area (TPSA) is 124 Å². The SMILES string of the molecule is CC/C=C\C/C=C\C/C=C\C/C=C\C/C=C\C/C=C\CCC(=O)Nc1ccc(CN2CCN(C(=O)Oc3ccc4cc5c(cc4c3CN(C)C)Cn3c-5cc4c(c3=O)CCC(=O)[C@]4(O)CC)CC2)cc1. The minimum Gasteiger partial charge on any atom is -0.410 e. The first kappa shape index (κ1) is 51.5. The molecule has 0 spiro atoms. The number of nitrogens with zero attached hydrogens (tertiary/aromatic N) is 4. The van der Waals surface area contributed by atoms with E-state index in [2.05, 4.69) is 102 Å². The van der Waals surface area contributed by atoms with Crippen LogP contribution in [0.1, 0.15) is 106 Å².